The van der Waals surface area contributed by atoms with Crippen molar-refractivity contribution in [3.05, 3.63) is 66.7 Å². The van der Waals surface area contributed by atoms with Crippen LogP contribution in [0, 0.1) is 0 Å². The highest BCUT2D eigenvalue weighted by Crippen LogP contribution is 2.20. The predicted octanol–water partition coefficient (Wildman–Crippen LogP) is 2.76. The van der Waals surface area contributed by atoms with Crippen molar-refractivity contribution in [2.75, 3.05) is 13.2 Å². The number of ether oxygens (including phenoxy) is 2. The van der Waals surface area contributed by atoms with Gasteiger partial charge in [-0.2, -0.15) is 4.72 Å². The van der Waals surface area contributed by atoms with Gasteiger partial charge >= 0.3 is 5.97 Å². The number of rotatable bonds is 9. The summed E-state index contributed by atoms with van der Waals surface area (Å²) in [5.41, 5.74) is 0.848. The van der Waals surface area contributed by atoms with Crippen molar-refractivity contribution in [3.63, 3.8) is 0 Å². The van der Waals surface area contributed by atoms with Crippen LogP contribution in [0.2, 0.25) is 0 Å². The van der Waals surface area contributed by atoms with Crippen LogP contribution in [-0.4, -0.2) is 32.5 Å². The molecule has 1 N–H and O–H groups in total. The van der Waals surface area contributed by atoms with E-state index in [1.807, 2.05) is 37.3 Å². The summed E-state index contributed by atoms with van der Waals surface area (Å²) in [6, 6.07) is 15.2. The molecule has 8 nitrogen and oxygen atoms in total. The van der Waals surface area contributed by atoms with Crippen LogP contribution in [0.15, 0.2) is 70.1 Å². The molecule has 0 atom stereocenters. The average Bonchev–Trinajstić information content (AvgIpc) is 3.21. The third-order valence-electron chi connectivity index (χ3n) is 3.82. The molecule has 0 aliphatic heterocycles. The molecule has 1 aromatic heterocycles. The smallest absolute Gasteiger partial charge is 0.321 e. The minimum Gasteiger partial charge on any atom is -0.494 e. The first-order chi connectivity index (χ1) is 14.0. The molecule has 29 heavy (non-hydrogen) atoms. The number of esters is 1. The molecule has 0 saturated heterocycles. The summed E-state index contributed by atoms with van der Waals surface area (Å²) in [4.78, 5) is 15.9. The summed E-state index contributed by atoms with van der Waals surface area (Å²) in [6.07, 6.45) is 1.53. The van der Waals surface area contributed by atoms with Gasteiger partial charge < -0.3 is 13.9 Å². The molecule has 2 aromatic carbocycles. The number of carbonyl (C=O) groups is 1. The van der Waals surface area contributed by atoms with Gasteiger partial charge in [-0.05, 0) is 31.2 Å². The van der Waals surface area contributed by atoms with E-state index in [2.05, 4.69) is 9.71 Å². The molecule has 0 saturated carbocycles. The number of benzene rings is 2. The molecular weight excluding hydrogens is 396 g/mol. The lowest BCUT2D eigenvalue weighted by Crippen LogP contribution is -2.30. The number of hydrogen-bond acceptors (Lipinski definition) is 7. The second-order valence-corrected chi connectivity index (χ2v) is 7.64. The summed E-state index contributed by atoms with van der Waals surface area (Å²) in [6.45, 7) is 1.60. The van der Waals surface area contributed by atoms with Crippen LogP contribution < -0.4 is 9.46 Å². The van der Waals surface area contributed by atoms with Gasteiger partial charge in [0.2, 0.25) is 15.9 Å². The lowest BCUT2D eigenvalue weighted by Gasteiger charge is -2.08. The largest absolute Gasteiger partial charge is 0.494 e. The van der Waals surface area contributed by atoms with Crippen molar-refractivity contribution in [3.8, 4) is 17.1 Å². The van der Waals surface area contributed by atoms with E-state index < -0.39 is 22.5 Å². The zero-order valence-electron chi connectivity index (χ0n) is 15.7. The minimum atomic E-state index is -3.85. The summed E-state index contributed by atoms with van der Waals surface area (Å²) in [5, 5.41) is 0. The third kappa shape index (κ3) is 5.66. The quantitative estimate of drug-likeness (QED) is 0.534. The zero-order chi connectivity index (χ0) is 20.7. The second kappa shape index (κ2) is 9.35. The molecule has 0 radical (unpaired) electrons. The van der Waals surface area contributed by atoms with Crippen molar-refractivity contribution < 1.29 is 27.1 Å². The molecule has 0 amide bonds. The molecule has 0 unspecified atom stereocenters. The van der Waals surface area contributed by atoms with E-state index in [9.17, 15) is 13.2 Å². The Bertz CT molecular complexity index is 1050. The summed E-state index contributed by atoms with van der Waals surface area (Å²) < 4.78 is 42.5. The number of hydrogen-bond donors (Lipinski definition) is 1. The molecule has 0 bridgehead atoms. The topological polar surface area (TPSA) is 108 Å². The zero-order valence-corrected chi connectivity index (χ0v) is 16.5. The van der Waals surface area contributed by atoms with Crippen LogP contribution in [-0.2, 0) is 26.2 Å². The maximum Gasteiger partial charge on any atom is 0.321 e. The van der Waals surface area contributed by atoms with Gasteiger partial charge in [0.15, 0.2) is 12.4 Å². The van der Waals surface area contributed by atoms with Gasteiger partial charge in [-0.1, -0.05) is 30.3 Å². The average molecular weight is 416 g/mol. The highest BCUT2D eigenvalue weighted by molar-refractivity contribution is 7.89. The van der Waals surface area contributed by atoms with Crippen molar-refractivity contribution in [2.24, 2.45) is 0 Å². The lowest BCUT2D eigenvalue weighted by molar-refractivity contribution is -0.144. The Morgan fingerprint density at radius 3 is 2.52 bits per heavy atom. The third-order valence-corrected chi connectivity index (χ3v) is 5.24. The van der Waals surface area contributed by atoms with Gasteiger partial charge in [0.25, 0.3) is 0 Å². The van der Waals surface area contributed by atoms with E-state index in [4.69, 9.17) is 13.9 Å². The number of nitrogens with one attached hydrogen (secondary N) is 1. The van der Waals surface area contributed by atoms with E-state index in [1.54, 1.807) is 12.1 Å². The van der Waals surface area contributed by atoms with Gasteiger partial charge in [0.1, 0.15) is 12.3 Å². The lowest BCUT2D eigenvalue weighted by atomic mass is 10.2. The Morgan fingerprint density at radius 1 is 1.10 bits per heavy atom. The van der Waals surface area contributed by atoms with E-state index in [1.165, 1.54) is 18.3 Å². The normalized spacial score (nSPS) is 11.2. The number of sulfonamides is 1. The van der Waals surface area contributed by atoms with E-state index >= 15 is 0 Å². The monoisotopic (exact) mass is 416 g/mol. The molecule has 9 heteroatoms. The minimum absolute atomic E-state index is 0.0222. The highest BCUT2D eigenvalue weighted by atomic mass is 32.2. The highest BCUT2D eigenvalue weighted by Gasteiger charge is 2.17. The Balaban J connectivity index is 1.50. The van der Waals surface area contributed by atoms with Gasteiger partial charge in [-0.25, -0.2) is 13.4 Å². The van der Waals surface area contributed by atoms with Crippen LogP contribution in [0.1, 0.15) is 12.8 Å². The van der Waals surface area contributed by atoms with Crippen LogP contribution in [0.4, 0.5) is 0 Å². The molecular formula is C20H20N2O6S. The molecule has 0 aliphatic carbocycles. The van der Waals surface area contributed by atoms with E-state index in [-0.39, 0.29) is 17.4 Å². The van der Waals surface area contributed by atoms with Crippen molar-refractivity contribution in [1.29, 1.82) is 0 Å². The van der Waals surface area contributed by atoms with E-state index in [0.29, 0.717) is 18.1 Å². The summed E-state index contributed by atoms with van der Waals surface area (Å²) in [7, 11) is -3.85. The Labute approximate surface area is 168 Å². The fourth-order valence-electron chi connectivity index (χ4n) is 2.43. The van der Waals surface area contributed by atoms with Gasteiger partial charge in [0, 0.05) is 5.56 Å². The van der Waals surface area contributed by atoms with Gasteiger partial charge in [-0.3, -0.25) is 4.79 Å². The second-order valence-electron chi connectivity index (χ2n) is 5.87. The van der Waals surface area contributed by atoms with Crippen LogP contribution in [0.5, 0.6) is 5.75 Å². The van der Waals surface area contributed by atoms with Gasteiger partial charge in [0.05, 0.1) is 17.7 Å². The molecule has 152 valence electrons. The fraction of sp³-hybridized carbons (Fsp3) is 0.200. The van der Waals surface area contributed by atoms with Crippen molar-refractivity contribution >= 4 is 16.0 Å². The molecule has 1 heterocycles. The molecule has 0 aliphatic rings. The number of nitrogens with zero attached hydrogens (tertiary/aromatic N) is 1. The number of oxazole rings is 1. The summed E-state index contributed by atoms with van der Waals surface area (Å²) >= 11 is 0. The van der Waals surface area contributed by atoms with Crippen molar-refractivity contribution in [2.45, 2.75) is 18.4 Å². The SMILES string of the molecule is CCOc1ccc(S(=O)(=O)NCC(=O)OCc2ncc(-c3ccccc3)o2)cc1. The summed E-state index contributed by atoms with van der Waals surface area (Å²) in [5.74, 6) is 0.574. The van der Waals surface area contributed by atoms with Gasteiger partial charge in [-0.15, -0.1) is 0 Å². The van der Waals surface area contributed by atoms with Crippen LogP contribution >= 0.6 is 0 Å². The Hall–Kier alpha value is -3.17. The van der Waals surface area contributed by atoms with Crippen LogP contribution in [0.25, 0.3) is 11.3 Å². The van der Waals surface area contributed by atoms with Crippen LogP contribution in [0.3, 0.4) is 0 Å². The predicted molar refractivity (Wildman–Crippen MR) is 105 cm³/mol. The Kier molecular flexibility index (Phi) is 6.63. The fourth-order valence-corrected chi connectivity index (χ4v) is 3.39. The van der Waals surface area contributed by atoms with E-state index in [0.717, 1.165) is 5.56 Å². The molecule has 0 fully saturated rings. The first-order valence-corrected chi connectivity index (χ1v) is 10.3. The molecule has 3 aromatic rings. The molecule has 3 rings (SSSR count). The number of carbonyl (C=O) groups excluding carboxylic acids is 1. The number of aromatic nitrogens is 1. The Morgan fingerprint density at radius 2 is 1.83 bits per heavy atom. The molecule has 0 spiro atoms. The maximum absolute atomic E-state index is 12.2. The van der Waals surface area contributed by atoms with Crippen molar-refractivity contribution in [1.82, 2.24) is 9.71 Å². The standard InChI is InChI=1S/C20H20N2O6S/c1-2-26-16-8-10-17(11-9-16)29(24,25)22-13-20(23)27-14-19-21-12-18(28-19)15-6-4-3-5-7-15/h3-12,22H,2,13-14H2,1H3. The maximum atomic E-state index is 12.2. The first kappa shape index (κ1) is 20.6. The first-order valence-electron chi connectivity index (χ1n) is 8.86.